The molecule has 3 aromatic rings. The molecule has 0 spiro atoms. The van der Waals surface area contributed by atoms with Gasteiger partial charge in [0.05, 0.1) is 32.6 Å². The molecule has 0 saturated heterocycles. The zero-order valence-corrected chi connectivity index (χ0v) is 26.3. The topological polar surface area (TPSA) is 86.8 Å². The number of anilines is 1. The maximum atomic E-state index is 14.0. The number of halogens is 6. The van der Waals surface area contributed by atoms with Crippen molar-refractivity contribution in [2.24, 2.45) is 0 Å². The van der Waals surface area contributed by atoms with Crippen LogP contribution < -0.4 is 9.62 Å². The number of hydrogen-bond donors (Lipinski definition) is 1. The fourth-order valence-electron chi connectivity index (χ4n) is 4.23. The van der Waals surface area contributed by atoms with E-state index in [0.717, 1.165) is 12.3 Å². The number of nitrogens with one attached hydrogen (secondary N) is 1. The molecule has 0 bridgehead atoms. The van der Waals surface area contributed by atoms with Crippen LogP contribution in [0.4, 0.5) is 18.9 Å². The number of alkyl halides is 3. The van der Waals surface area contributed by atoms with E-state index in [1.54, 1.807) is 36.4 Å². The van der Waals surface area contributed by atoms with Gasteiger partial charge < -0.3 is 10.2 Å². The zero-order chi connectivity index (χ0) is 31.9. The number of benzene rings is 3. The summed E-state index contributed by atoms with van der Waals surface area (Å²) in [6.07, 6.45) is -3.38. The number of carbonyl (C=O) groups excluding carboxylic acids is 2. The van der Waals surface area contributed by atoms with Gasteiger partial charge in [-0.25, -0.2) is 8.42 Å². The Balaban J connectivity index is 2.12. The molecule has 0 aliphatic carbocycles. The molecule has 0 aromatic heterocycles. The van der Waals surface area contributed by atoms with Crippen LogP contribution in [0.25, 0.3) is 0 Å². The number of hydrogen-bond acceptors (Lipinski definition) is 4. The molecule has 232 valence electrons. The monoisotopic (exact) mass is 677 g/mol. The summed E-state index contributed by atoms with van der Waals surface area (Å²) < 4.78 is 66.8. The molecule has 14 heteroatoms. The summed E-state index contributed by atoms with van der Waals surface area (Å²) in [7, 11) is -4.34. The second-order valence-electron chi connectivity index (χ2n) is 9.70. The quantitative estimate of drug-likeness (QED) is 0.234. The summed E-state index contributed by atoms with van der Waals surface area (Å²) >= 11 is 18.4. The third kappa shape index (κ3) is 9.50. The maximum absolute atomic E-state index is 14.0. The highest BCUT2D eigenvalue weighted by atomic mass is 35.5. The molecular formula is C29H29Cl3F3N3O4S. The van der Waals surface area contributed by atoms with E-state index >= 15 is 0 Å². The SMILES string of the molecule is CCCNC(=O)C(Cc1ccccc1)N(Cc1ccc(Cl)c(Cl)c1)C(=O)CN(c1cc(C(F)(F)F)ccc1Cl)S(C)(=O)=O. The van der Waals surface area contributed by atoms with E-state index in [0.29, 0.717) is 40.5 Å². The molecule has 0 aliphatic rings. The standard InChI is InChI=1S/C29H29Cl3F3N3O4S/c1-3-13-36-28(40)26(15-19-7-5-4-6-8-19)37(17-20-9-11-22(30)24(32)14-20)27(39)18-38(43(2,41)42)25-16-21(29(33,34)35)10-12-23(25)31/h4-12,14,16,26H,3,13,15,17-18H2,1-2H3,(H,36,40). The Morgan fingerprint density at radius 1 is 0.907 bits per heavy atom. The van der Waals surface area contributed by atoms with E-state index in [1.807, 2.05) is 6.92 Å². The lowest BCUT2D eigenvalue weighted by atomic mass is 10.0. The molecule has 1 unspecified atom stereocenters. The van der Waals surface area contributed by atoms with Crippen LogP contribution >= 0.6 is 34.8 Å². The molecule has 0 saturated carbocycles. The average molecular weight is 679 g/mol. The van der Waals surface area contributed by atoms with Crippen molar-refractivity contribution in [3.63, 3.8) is 0 Å². The molecule has 3 aromatic carbocycles. The average Bonchev–Trinajstić information content (AvgIpc) is 2.93. The second-order valence-corrected chi connectivity index (χ2v) is 12.8. The summed E-state index contributed by atoms with van der Waals surface area (Å²) in [4.78, 5) is 28.7. The smallest absolute Gasteiger partial charge is 0.354 e. The van der Waals surface area contributed by atoms with E-state index in [2.05, 4.69) is 5.32 Å². The van der Waals surface area contributed by atoms with Crippen LogP contribution in [0, 0.1) is 0 Å². The fraction of sp³-hybridized carbons (Fsp3) is 0.310. The fourth-order valence-corrected chi connectivity index (χ4v) is 5.67. The minimum absolute atomic E-state index is 0.0621. The van der Waals surface area contributed by atoms with Gasteiger partial charge in [0, 0.05) is 19.5 Å². The summed E-state index contributed by atoms with van der Waals surface area (Å²) in [6.45, 7) is 1.04. The molecular weight excluding hydrogens is 650 g/mol. The predicted octanol–water partition coefficient (Wildman–Crippen LogP) is 6.60. The lowest BCUT2D eigenvalue weighted by molar-refractivity contribution is -0.140. The normalized spacial score (nSPS) is 12.5. The van der Waals surface area contributed by atoms with E-state index < -0.39 is 51.9 Å². The Labute approximate surface area is 263 Å². The van der Waals surface area contributed by atoms with Crippen LogP contribution in [-0.4, -0.2) is 50.5 Å². The Morgan fingerprint density at radius 2 is 1.56 bits per heavy atom. The second kappa shape index (κ2) is 14.7. The first-order chi connectivity index (χ1) is 20.1. The van der Waals surface area contributed by atoms with Gasteiger partial charge in [0.25, 0.3) is 0 Å². The van der Waals surface area contributed by atoms with Gasteiger partial charge in [0.15, 0.2) is 0 Å². The lowest BCUT2D eigenvalue weighted by Crippen LogP contribution is -2.53. The third-order valence-corrected chi connectivity index (χ3v) is 8.56. The Bertz CT molecular complexity index is 1560. The van der Waals surface area contributed by atoms with Crippen molar-refractivity contribution < 1.29 is 31.2 Å². The maximum Gasteiger partial charge on any atom is 0.416 e. The first-order valence-electron chi connectivity index (χ1n) is 13.0. The largest absolute Gasteiger partial charge is 0.416 e. The highest BCUT2D eigenvalue weighted by Gasteiger charge is 2.36. The first kappa shape index (κ1) is 34.5. The van der Waals surface area contributed by atoms with Crippen molar-refractivity contribution in [3.8, 4) is 0 Å². The molecule has 0 aliphatic heterocycles. The molecule has 0 radical (unpaired) electrons. The highest BCUT2D eigenvalue weighted by Crippen LogP contribution is 2.36. The minimum Gasteiger partial charge on any atom is -0.354 e. The zero-order valence-electron chi connectivity index (χ0n) is 23.2. The van der Waals surface area contributed by atoms with Gasteiger partial charge in [-0.1, -0.05) is 78.1 Å². The number of carbonyl (C=O) groups is 2. The Hall–Kier alpha value is -2.99. The van der Waals surface area contributed by atoms with Gasteiger partial charge in [0.1, 0.15) is 12.6 Å². The Morgan fingerprint density at radius 3 is 2.14 bits per heavy atom. The van der Waals surface area contributed by atoms with Crippen LogP contribution in [-0.2, 0) is 38.8 Å². The van der Waals surface area contributed by atoms with Crippen LogP contribution in [0.3, 0.4) is 0 Å². The van der Waals surface area contributed by atoms with Gasteiger partial charge in [0.2, 0.25) is 21.8 Å². The molecule has 1 atom stereocenters. The van der Waals surface area contributed by atoms with E-state index in [9.17, 15) is 31.2 Å². The number of rotatable bonds is 12. The van der Waals surface area contributed by atoms with E-state index in [-0.39, 0.29) is 28.0 Å². The molecule has 0 fully saturated rings. The van der Waals surface area contributed by atoms with Gasteiger partial charge >= 0.3 is 6.18 Å². The van der Waals surface area contributed by atoms with Crippen molar-refractivity contribution >= 4 is 62.3 Å². The van der Waals surface area contributed by atoms with E-state index in [1.165, 1.54) is 17.0 Å². The molecule has 1 N–H and O–H groups in total. The highest BCUT2D eigenvalue weighted by molar-refractivity contribution is 7.92. The Kier molecular flexibility index (Phi) is 11.8. The van der Waals surface area contributed by atoms with Crippen LogP contribution in [0.1, 0.15) is 30.0 Å². The van der Waals surface area contributed by atoms with E-state index in [4.69, 9.17) is 34.8 Å². The predicted molar refractivity (Wildman–Crippen MR) is 163 cm³/mol. The molecule has 2 amide bonds. The number of nitrogens with zero attached hydrogens (tertiary/aromatic N) is 2. The molecule has 3 rings (SSSR count). The molecule has 43 heavy (non-hydrogen) atoms. The van der Waals surface area contributed by atoms with Gasteiger partial charge in [-0.3, -0.25) is 13.9 Å². The van der Waals surface area contributed by atoms with Gasteiger partial charge in [-0.2, -0.15) is 13.2 Å². The van der Waals surface area contributed by atoms with Crippen molar-refractivity contribution in [1.82, 2.24) is 10.2 Å². The van der Waals surface area contributed by atoms with Crippen molar-refractivity contribution in [3.05, 3.63) is 98.5 Å². The lowest BCUT2D eigenvalue weighted by Gasteiger charge is -2.33. The van der Waals surface area contributed by atoms with Crippen molar-refractivity contribution in [2.45, 2.75) is 38.5 Å². The van der Waals surface area contributed by atoms with Crippen molar-refractivity contribution in [2.75, 3.05) is 23.7 Å². The summed E-state index contributed by atoms with van der Waals surface area (Å²) in [5, 5.41) is 2.92. The summed E-state index contributed by atoms with van der Waals surface area (Å²) in [5.74, 6) is -1.36. The van der Waals surface area contributed by atoms with Crippen molar-refractivity contribution in [1.29, 1.82) is 0 Å². The van der Waals surface area contributed by atoms with Crippen LogP contribution in [0.2, 0.25) is 15.1 Å². The number of sulfonamides is 1. The summed E-state index contributed by atoms with van der Waals surface area (Å²) in [5.41, 5.74) is -0.488. The first-order valence-corrected chi connectivity index (χ1v) is 16.0. The number of amides is 2. The van der Waals surface area contributed by atoms with Crippen LogP contribution in [0.15, 0.2) is 66.7 Å². The van der Waals surface area contributed by atoms with Gasteiger partial charge in [-0.15, -0.1) is 0 Å². The minimum atomic E-state index is -4.80. The summed E-state index contributed by atoms with van der Waals surface area (Å²) in [6, 6.07) is 14.5. The van der Waals surface area contributed by atoms with Crippen LogP contribution in [0.5, 0.6) is 0 Å². The molecule has 7 nitrogen and oxygen atoms in total. The van der Waals surface area contributed by atoms with Gasteiger partial charge in [-0.05, 0) is 47.9 Å². The molecule has 0 heterocycles. The third-order valence-electron chi connectivity index (χ3n) is 6.38.